The van der Waals surface area contributed by atoms with Crippen molar-refractivity contribution in [1.29, 1.82) is 0 Å². The molecule has 0 N–H and O–H groups in total. The van der Waals surface area contributed by atoms with Crippen molar-refractivity contribution in [2.24, 2.45) is 0 Å². The molecule has 1 unspecified atom stereocenters. The maximum absolute atomic E-state index is 13.3. The minimum atomic E-state index is -5.14. The smallest absolute Gasteiger partial charge is 0.436 e. The molecular weight excluding hydrogens is 565 g/mol. The van der Waals surface area contributed by atoms with Crippen LogP contribution in [0.3, 0.4) is 0 Å². The fourth-order valence-corrected chi connectivity index (χ4v) is 3.90. The van der Waals surface area contributed by atoms with Crippen LogP contribution >= 0.6 is 0 Å². The molecular formula is C33H35F3O7. The van der Waals surface area contributed by atoms with E-state index in [1.165, 1.54) is 25.0 Å². The van der Waals surface area contributed by atoms with Crippen molar-refractivity contribution in [3.05, 3.63) is 83.9 Å². The number of hydrogen-bond acceptors (Lipinski definition) is 7. The predicted octanol–water partition coefficient (Wildman–Crippen LogP) is 7.96. The van der Waals surface area contributed by atoms with Gasteiger partial charge in [0.1, 0.15) is 11.5 Å². The van der Waals surface area contributed by atoms with E-state index < -0.39 is 30.2 Å². The summed E-state index contributed by atoms with van der Waals surface area (Å²) in [4.78, 5) is 36.8. The normalized spacial score (nSPS) is 11.8. The first kappa shape index (κ1) is 33.2. The van der Waals surface area contributed by atoms with Gasteiger partial charge in [-0.1, -0.05) is 63.8 Å². The van der Waals surface area contributed by atoms with E-state index in [1.54, 1.807) is 31.2 Å². The highest BCUT2D eigenvalue weighted by Crippen LogP contribution is 2.26. The molecule has 0 amide bonds. The van der Waals surface area contributed by atoms with Gasteiger partial charge in [0, 0.05) is 0 Å². The molecule has 0 aliphatic heterocycles. The molecule has 0 spiro atoms. The Balaban J connectivity index is 1.55. The highest BCUT2D eigenvalue weighted by atomic mass is 19.4. The van der Waals surface area contributed by atoms with Gasteiger partial charge in [-0.15, -0.1) is 0 Å². The van der Waals surface area contributed by atoms with Crippen LogP contribution in [0.1, 0.15) is 73.1 Å². The molecule has 7 nitrogen and oxygen atoms in total. The number of ether oxygens (including phenoxy) is 4. The average molecular weight is 601 g/mol. The minimum Gasteiger partial charge on any atom is -0.494 e. The zero-order valence-corrected chi connectivity index (χ0v) is 24.2. The molecule has 3 aromatic rings. The van der Waals surface area contributed by atoms with E-state index in [2.05, 4.69) is 16.4 Å². The zero-order valence-electron chi connectivity index (χ0n) is 24.2. The average Bonchev–Trinajstić information content (AvgIpc) is 3.00. The van der Waals surface area contributed by atoms with Crippen LogP contribution in [0.25, 0.3) is 11.1 Å². The number of carbonyl (C=O) groups is 3. The monoisotopic (exact) mass is 600 g/mol. The molecule has 0 radical (unpaired) electrons. The van der Waals surface area contributed by atoms with E-state index in [9.17, 15) is 27.6 Å². The number of halogens is 3. The van der Waals surface area contributed by atoms with Gasteiger partial charge in [0.15, 0.2) is 0 Å². The number of alkyl halides is 3. The van der Waals surface area contributed by atoms with Crippen LogP contribution in [0, 0.1) is 0 Å². The molecule has 0 bridgehead atoms. The first-order valence-corrected chi connectivity index (χ1v) is 14.2. The Morgan fingerprint density at radius 3 is 1.77 bits per heavy atom. The summed E-state index contributed by atoms with van der Waals surface area (Å²) in [5, 5.41) is 0. The van der Waals surface area contributed by atoms with Crippen molar-refractivity contribution in [1.82, 2.24) is 0 Å². The first-order chi connectivity index (χ1) is 20.6. The maximum Gasteiger partial charge on any atom is 0.436 e. The second-order valence-electron chi connectivity index (χ2n) is 9.77. The van der Waals surface area contributed by atoms with Crippen LogP contribution in [0.15, 0.2) is 72.8 Å². The number of carbonyl (C=O) groups excluding carboxylic acids is 3. The predicted molar refractivity (Wildman–Crippen MR) is 154 cm³/mol. The third kappa shape index (κ3) is 10.5. The van der Waals surface area contributed by atoms with Crippen LogP contribution in [-0.2, 0) is 14.3 Å². The molecule has 3 aromatic carbocycles. The van der Waals surface area contributed by atoms with Gasteiger partial charge >= 0.3 is 24.1 Å². The highest BCUT2D eigenvalue weighted by Gasteiger charge is 2.49. The minimum absolute atomic E-state index is 0.0576. The molecule has 0 aliphatic carbocycles. The third-order valence-corrected chi connectivity index (χ3v) is 6.35. The summed E-state index contributed by atoms with van der Waals surface area (Å²) in [6.07, 6.45) is -2.68. The Morgan fingerprint density at radius 2 is 1.19 bits per heavy atom. The van der Waals surface area contributed by atoms with E-state index in [0.717, 1.165) is 41.9 Å². The van der Waals surface area contributed by atoms with E-state index in [4.69, 9.17) is 9.47 Å². The lowest BCUT2D eigenvalue weighted by molar-refractivity contribution is -0.218. The Morgan fingerprint density at radius 1 is 0.651 bits per heavy atom. The Hall–Kier alpha value is -4.34. The Kier molecular flexibility index (Phi) is 12.6. The fourth-order valence-electron chi connectivity index (χ4n) is 3.90. The first-order valence-electron chi connectivity index (χ1n) is 14.2. The molecule has 0 aromatic heterocycles. The van der Waals surface area contributed by atoms with Crippen LogP contribution in [0.2, 0.25) is 0 Å². The van der Waals surface area contributed by atoms with Gasteiger partial charge in [0.05, 0.1) is 24.3 Å². The second-order valence-corrected chi connectivity index (χ2v) is 9.77. The van der Waals surface area contributed by atoms with E-state index in [0.29, 0.717) is 19.4 Å². The van der Waals surface area contributed by atoms with Gasteiger partial charge < -0.3 is 18.9 Å². The number of unbranched alkanes of at least 4 members (excludes halogenated alkanes) is 4. The molecule has 0 saturated carbocycles. The van der Waals surface area contributed by atoms with Gasteiger partial charge in [-0.2, -0.15) is 13.2 Å². The lowest BCUT2D eigenvalue weighted by Gasteiger charge is -2.19. The molecule has 1 atom stereocenters. The Labute approximate surface area is 248 Å². The zero-order chi connectivity index (χ0) is 31.2. The fraction of sp³-hybridized carbons (Fsp3) is 0.364. The molecule has 3 rings (SSSR count). The third-order valence-electron chi connectivity index (χ3n) is 6.35. The van der Waals surface area contributed by atoms with E-state index in [-0.39, 0.29) is 23.5 Å². The summed E-state index contributed by atoms with van der Waals surface area (Å²) in [5.41, 5.74) is 1.84. The van der Waals surface area contributed by atoms with Gasteiger partial charge in [0.25, 0.3) is 6.10 Å². The van der Waals surface area contributed by atoms with E-state index in [1.807, 2.05) is 24.3 Å². The van der Waals surface area contributed by atoms with Gasteiger partial charge in [-0.3, -0.25) is 0 Å². The molecule has 0 aliphatic rings. The summed E-state index contributed by atoms with van der Waals surface area (Å²) in [6, 6.07) is 19.2. The molecule has 10 heteroatoms. The second kappa shape index (κ2) is 16.3. The van der Waals surface area contributed by atoms with Gasteiger partial charge in [-0.05, 0) is 72.5 Å². The van der Waals surface area contributed by atoms with E-state index >= 15 is 0 Å². The number of rotatable bonds is 15. The van der Waals surface area contributed by atoms with Crippen molar-refractivity contribution in [3.8, 4) is 22.6 Å². The summed E-state index contributed by atoms with van der Waals surface area (Å²) < 4.78 is 60.0. The van der Waals surface area contributed by atoms with Crippen LogP contribution in [0.4, 0.5) is 13.2 Å². The van der Waals surface area contributed by atoms with Crippen LogP contribution < -0.4 is 9.47 Å². The molecule has 0 fully saturated rings. The van der Waals surface area contributed by atoms with Gasteiger partial charge in [0.2, 0.25) is 0 Å². The lowest BCUT2D eigenvalue weighted by atomic mass is 10.0. The Bertz CT molecular complexity index is 1320. The molecule has 230 valence electrons. The van der Waals surface area contributed by atoms with Crippen molar-refractivity contribution in [3.63, 3.8) is 0 Å². The maximum atomic E-state index is 13.3. The molecule has 0 saturated heterocycles. The van der Waals surface area contributed by atoms with Crippen molar-refractivity contribution >= 4 is 17.9 Å². The number of benzene rings is 3. The quantitative estimate of drug-likeness (QED) is 0.0993. The summed E-state index contributed by atoms with van der Waals surface area (Å²) in [6.45, 7) is 4.40. The van der Waals surface area contributed by atoms with Crippen LogP contribution in [-0.4, -0.2) is 43.4 Å². The molecule has 43 heavy (non-hydrogen) atoms. The van der Waals surface area contributed by atoms with Crippen molar-refractivity contribution < 1.29 is 46.5 Å². The standard InChI is InChI=1S/C33H35F3O7/c1-3-5-7-8-22-40-27-17-13-24(14-18-27)23-9-11-25(12-10-23)30(37)42-28-19-15-26(16-20-28)31(38)43-29(33(34,35)36)32(39)41-21-6-4-2/h9-20,29H,3-8,21-22H2,1-2H3. The summed E-state index contributed by atoms with van der Waals surface area (Å²) in [5.74, 6) is -2.88. The molecule has 0 heterocycles. The lowest BCUT2D eigenvalue weighted by Crippen LogP contribution is -2.42. The SMILES string of the molecule is CCCCCCOc1ccc(-c2ccc(C(=O)Oc3ccc(C(=O)OC(C(=O)OCCCC)C(F)(F)F)cc3)cc2)cc1. The van der Waals surface area contributed by atoms with Gasteiger partial charge in [-0.25, -0.2) is 14.4 Å². The van der Waals surface area contributed by atoms with Crippen LogP contribution in [0.5, 0.6) is 11.5 Å². The largest absolute Gasteiger partial charge is 0.494 e. The highest BCUT2D eigenvalue weighted by molar-refractivity contribution is 5.93. The summed E-state index contributed by atoms with van der Waals surface area (Å²) >= 11 is 0. The van der Waals surface area contributed by atoms with Crippen molar-refractivity contribution in [2.45, 2.75) is 64.7 Å². The number of esters is 3. The van der Waals surface area contributed by atoms with Crippen molar-refractivity contribution in [2.75, 3.05) is 13.2 Å². The number of hydrogen-bond donors (Lipinski definition) is 0. The summed E-state index contributed by atoms with van der Waals surface area (Å²) in [7, 11) is 0. The topological polar surface area (TPSA) is 88.1 Å².